The van der Waals surface area contributed by atoms with Crippen LogP contribution in [0.1, 0.15) is 50.7 Å². The highest BCUT2D eigenvalue weighted by atomic mass is 16.5. The third-order valence-electron chi connectivity index (χ3n) is 6.06. The molecule has 2 amide bonds. The Balaban J connectivity index is 1.44. The number of nitrogens with one attached hydrogen (secondary N) is 1. The predicted molar refractivity (Wildman–Crippen MR) is 126 cm³/mol. The quantitative estimate of drug-likeness (QED) is 0.525. The summed E-state index contributed by atoms with van der Waals surface area (Å²) < 4.78 is 5.52. The van der Waals surface area contributed by atoms with Crippen molar-refractivity contribution in [3.05, 3.63) is 59.7 Å². The van der Waals surface area contributed by atoms with Gasteiger partial charge >= 0.3 is 12.1 Å². The molecule has 33 heavy (non-hydrogen) atoms. The summed E-state index contributed by atoms with van der Waals surface area (Å²) >= 11 is 0. The first-order chi connectivity index (χ1) is 15.8. The zero-order chi connectivity index (χ0) is 24.0. The average molecular weight is 453 g/mol. The Labute approximate surface area is 194 Å². The monoisotopic (exact) mass is 452 g/mol. The highest BCUT2D eigenvalue weighted by molar-refractivity contribution is 5.83. The van der Waals surface area contributed by atoms with Gasteiger partial charge in [-0.05, 0) is 48.9 Å². The molecule has 1 unspecified atom stereocenters. The number of aliphatic carboxylic acids is 1. The highest BCUT2D eigenvalue weighted by Crippen LogP contribution is 2.44. The summed E-state index contributed by atoms with van der Waals surface area (Å²) in [4.78, 5) is 37.2. The Kier molecular flexibility index (Phi) is 8.09. The molecule has 0 saturated carbocycles. The minimum absolute atomic E-state index is 0.0112. The molecule has 7 heteroatoms. The maximum absolute atomic E-state index is 12.5. The molecule has 2 aromatic carbocycles. The van der Waals surface area contributed by atoms with E-state index >= 15 is 0 Å². The van der Waals surface area contributed by atoms with Crippen molar-refractivity contribution in [2.24, 2.45) is 5.92 Å². The van der Waals surface area contributed by atoms with Crippen molar-refractivity contribution < 1.29 is 24.2 Å². The fourth-order valence-corrected chi connectivity index (χ4v) is 4.32. The molecule has 1 atom stereocenters. The second-order valence-corrected chi connectivity index (χ2v) is 8.75. The van der Waals surface area contributed by atoms with E-state index in [-0.39, 0.29) is 36.9 Å². The highest BCUT2D eigenvalue weighted by Gasteiger charge is 2.29. The van der Waals surface area contributed by atoms with E-state index in [4.69, 9.17) is 9.84 Å². The number of alkyl carbamates (subject to hydrolysis) is 1. The maximum Gasteiger partial charge on any atom is 0.407 e. The van der Waals surface area contributed by atoms with Gasteiger partial charge in [0.15, 0.2) is 0 Å². The molecule has 3 rings (SSSR count). The number of benzene rings is 2. The molecular weight excluding hydrogens is 420 g/mol. The standard InChI is InChI=1S/C26H32N2O5/c1-17(2)28(15-24(29)30)25(31)18(3)9-8-14-27-26(32)33-16-23-21-12-6-4-10-19(21)20-11-5-7-13-22(20)23/h4-7,10-13,17-18,23H,8-9,14-16H2,1-3H3,(H,27,32)(H,29,30). The number of nitrogens with zero attached hydrogens (tertiary/aromatic N) is 1. The molecule has 0 bridgehead atoms. The Morgan fingerprint density at radius 3 is 2.12 bits per heavy atom. The first kappa shape index (κ1) is 24.3. The molecule has 2 aromatic rings. The second kappa shape index (κ2) is 11.0. The first-order valence-electron chi connectivity index (χ1n) is 11.4. The Hall–Kier alpha value is -3.35. The molecule has 1 aliphatic carbocycles. The number of fused-ring (bicyclic) bond motifs is 3. The van der Waals surface area contributed by atoms with Crippen LogP contribution in [0.25, 0.3) is 11.1 Å². The number of hydrogen-bond donors (Lipinski definition) is 2. The van der Waals surface area contributed by atoms with Gasteiger partial charge in [-0.1, -0.05) is 55.5 Å². The first-order valence-corrected chi connectivity index (χ1v) is 11.4. The number of carbonyl (C=O) groups is 3. The van der Waals surface area contributed by atoms with E-state index in [0.717, 1.165) is 11.1 Å². The van der Waals surface area contributed by atoms with Crippen molar-refractivity contribution in [1.29, 1.82) is 0 Å². The maximum atomic E-state index is 12.5. The smallest absolute Gasteiger partial charge is 0.407 e. The van der Waals surface area contributed by atoms with Gasteiger partial charge in [0.05, 0.1) is 0 Å². The van der Waals surface area contributed by atoms with Crippen LogP contribution in [0.3, 0.4) is 0 Å². The molecule has 0 heterocycles. The topological polar surface area (TPSA) is 95.9 Å². The lowest BCUT2D eigenvalue weighted by molar-refractivity contribution is -0.147. The Morgan fingerprint density at radius 2 is 1.58 bits per heavy atom. The summed E-state index contributed by atoms with van der Waals surface area (Å²) in [6, 6.07) is 16.2. The molecule has 7 nitrogen and oxygen atoms in total. The Bertz CT molecular complexity index is 958. The summed E-state index contributed by atoms with van der Waals surface area (Å²) in [6.07, 6.45) is 0.659. The van der Waals surface area contributed by atoms with Gasteiger partial charge in [-0.15, -0.1) is 0 Å². The van der Waals surface area contributed by atoms with Crippen LogP contribution in [0.4, 0.5) is 4.79 Å². The number of rotatable bonds is 10. The van der Waals surface area contributed by atoms with Crippen molar-refractivity contribution in [2.75, 3.05) is 19.7 Å². The number of carbonyl (C=O) groups excluding carboxylic acids is 2. The van der Waals surface area contributed by atoms with Crippen molar-refractivity contribution in [3.8, 4) is 11.1 Å². The molecule has 176 valence electrons. The van der Waals surface area contributed by atoms with Gasteiger partial charge in [0.1, 0.15) is 13.2 Å². The lowest BCUT2D eigenvalue weighted by Crippen LogP contribution is -2.43. The molecule has 0 aromatic heterocycles. The lowest BCUT2D eigenvalue weighted by atomic mass is 9.98. The van der Waals surface area contributed by atoms with Gasteiger partial charge in [0, 0.05) is 24.4 Å². The largest absolute Gasteiger partial charge is 0.480 e. The number of ether oxygens (including phenoxy) is 1. The van der Waals surface area contributed by atoms with E-state index < -0.39 is 12.1 Å². The number of carboxylic acids is 1. The van der Waals surface area contributed by atoms with Crippen LogP contribution < -0.4 is 5.32 Å². The van der Waals surface area contributed by atoms with Crippen LogP contribution in [0.15, 0.2) is 48.5 Å². The fraction of sp³-hybridized carbons (Fsp3) is 0.423. The molecule has 2 N–H and O–H groups in total. The lowest BCUT2D eigenvalue weighted by Gasteiger charge is -2.27. The van der Waals surface area contributed by atoms with Gasteiger partial charge < -0.3 is 20.1 Å². The molecule has 0 fully saturated rings. The molecule has 0 aliphatic heterocycles. The molecular formula is C26H32N2O5. The van der Waals surface area contributed by atoms with Gasteiger partial charge in [-0.2, -0.15) is 0 Å². The summed E-state index contributed by atoms with van der Waals surface area (Å²) in [5.74, 6) is -1.53. The minimum Gasteiger partial charge on any atom is -0.480 e. The van der Waals surface area contributed by atoms with E-state index in [1.807, 2.05) is 24.3 Å². The van der Waals surface area contributed by atoms with Crippen LogP contribution in [-0.4, -0.2) is 53.7 Å². The summed E-state index contributed by atoms with van der Waals surface area (Å²) in [6.45, 7) is 5.71. The third kappa shape index (κ3) is 5.92. The van der Waals surface area contributed by atoms with Gasteiger partial charge in [0.2, 0.25) is 5.91 Å². The van der Waals surface area contributed by atoms with Crippen LogP contribution in [0, 0.1) is 5.92 Å². The van der Waals surface area contributed by atoms with Gasteiger partial charge in [-0.3, -0.25) is 9.59 Å². The zero-order valence-electron chi connectivity index (χ0n) is 19.4. The Morgan fingerprint density at radius 1 is 1.00 bits per heavy atom. The van der Waals surface area contributed by atoms with E-state index in [1.54, 1.807) is 20.8 Å². The van der Waals surface area contributed by atoms with E-state index in [1.165, 1.54) is 16.0 Å². The average Bonchev–Trinajstić information content (AvgIpc) is 3.11. The van der Waals surface area contributed by atoms with E-state index in [9.17, 15) is 14.4 Å². The molecule has 0 spiro atoms. The van der Waals surface area contributed by atoms with E-state index in [0.29, 0.717) is 19.4 Å². The SMILES string of the molecule is CC(CCCNC(=O)OCC1c2ccccc2-c2ccccc21)C(=O)N(CC(=O)O)C(C)C. The second-order valence-electron chi connectivity index (χ2n) is 8.75. The van der Waals surface area contributed by atoms with Gasteiger partial charge in [-0.25, -0.2) is 4.79 Å². The van der Waals surface area contributed by atoms with Crippen LogP contribution in [0.5, 0.6) is 0 Å². The van der Waals surface area contributed by atoms with Crippen LogP contribution in [-0.2, 0) is 14.3 Å². The van der Waals surface area contributed by atoms with Gasteiger partial charge in [0.25, 0.3) is 0 Å². The van der Waals surface area contributed by atoms with Crippen molar-refractivity contribution in [2.45, 2.75) is 45.6 Å². The number of amides is 2. The van der Waals surface area contributed by atoms with Crippen molar-refractivity contribution in [3.63, 3.8) is 0 Å². The van der Waals surface area contributed by atoms with Crippen LogP contribution >= 0.6 is 0 Å². The predicted octanol–water partition coefficient (Wildman–Crippen LogP) is 4.26. The number of carboxylic acid groups (broad SMARTS) is 1. The summed E-state index contributed by atoms with van der Waals surface area (Å²) in [5.41, 5.74) is 4.68. The number of hydrogen-bond acceptors (Lipinski definition) is 4. The molecule has 0 saturated heterocycles. The van der Waals surface area contributed by atoms with Crippen molar-refractivity contribution in [1.82, 2.24) is 10.2 Å². The van der Waals surface area contributed by atoms with Crippen molar-refractivity contribution >= 4 is 18.0 Å². The van der Waals surface area contributed by atoms with Crippen LogP contribution in [0.2, 0.25) is 0 Å². The zero-order valence-corrected chi connectivity index (χ0v) is 19.4. The third-order valence-corrected chi connectivity index (χ3v) is 6.06. The molecule has 1 aliphatic rings. The fourth-order valence-electron chi connectivity index (χ4n) is 4.32. The molecule has 0 radical (unpaired) electrons. The minimum atomic E-state index is -1.03. The summed E-state index contributed by atoms with van der Waals surface area (Å²) in [5, 5.41) is 11.8. The normalized spacial score (nSPS) is 13.2. The summed E-state index contributed by atoms with van der Waals surface area (Å²) in [7, 11) is 0. The van der Waals surface area contributed by atoms with E-state index in [2.05, 4.69) is 29.6 Å².